The number of aromatic amines is 1. The number of hydrogen-bond acceptors (Lipinski definition) is 11. The minimum atomic E-state index is -5.82. The van der Waals surface area contributed by atoms with Gasteiger partial charge in [0.15, 0.2) is 6.23 Å². The van der Waals surface area contributed by atoms with E-state index in [9.17, 15) is 42.8 Å². The number of hydrogen-bond donors (Lipinski definition) is 7. The van der Waals surface area contributed by atoms with Gasteiger partial charge in [-0.15, -0.1) is 0 Å². The van der Waals surface area contributed by atoms with Gasteiger partial charge < -0.3 is 34.5 Å². The predicted octanol–water partition coefficient (Wildman–Crippen LogP) is -2.20. The van der Waals surface area contributed by atoms with E-state index in [0.717, 1.165) is 6.07 Å². The molecule has 17 nitrogen and oxygen atoms in total. The maximum Gasteiger partial charge on any atom is 0.490 e. The van der Waals surface area contributed by atoms with E-state index in [-0.39, 0.29) is 0 Å². The predicted molar refractivity (Wildman–Crippen MR) is 87.1 cm³/mol. The number of nitrogens with zero attached hydrogens (tertiary/aromatic N) is 1. The van der Waals surface area contributed by atoms with Crippen molar-refractivity contribution in [3.63, 3.8) is 0 Å². The Bertz CT molecular complexity index is 1050. The maximum atomic E-state index is 14.5. The zero-order chi connectivity index (χ0) is 23.1. The van der Waals surface area contributed by atoms with Crippen LogP contribution in [0.15, 0.2) is 21.9 Å². The molecule has 6 atom stereocenters. The van der Waals surface area contributed by atoms with E-state index in [1.165, 1.54) is 0 Å². The van der Waals surface area contributed by atoms with Gasteiger partial charge >= 0.3 is 29.2 Å². The zero-order valence-corrected chi connectivity index (χ0v) is 16.8. The molecule has 0 radical (unpaired) electrons. The second kappa shape index (κ2) is 8.44. The van der Waals surface area contributed by atoms with Crippen LogP contribution in [0.3, 0.4) is 0 Å². The average Bonchev–Trinajstić information content (AvgIpc) is 2.73. The summed E-state index contributed by atoms with van der Waals surface area (Å²) in [5.74, 6) is -3.67. The molecule has 0 bridgehead atoms. The van der Waals surface area contributed by atoms with Gasteiger partial charge in [0.25, 0.3) is 11.4 Å². The molecule has 0 spiro atoms. The van der Waals surface area contributed by atoms with E-state index in [0.29, 0.717) is 10.8 Å². The Balaban J connectivity index is 2.13. The van der Waals surface area contributed by atoms with E-state index < -0.39 is 65.6 Å². The number of aromatic nitrogens is 2. The van der Waals surface area contributed by atoms with Crippen molar-refractivity contribution in [3.05, 3.63) is 33.1 Å². The Labute approximate surface area is 163 Å². The first-order valence-corrected chi connectivity index (χ1v) is 11.8. The van der Waals surface area contributed by atoms with Gasteiger partial charge in [0, 0.05) is 12.3 Å². The van der Waals surface area contributed by atoms with Crippen LogP contribution >= 0.6 is 23.5 Å². The van der Waals surface area contributed by atoms with Crippen LogP contribution in [-0.2, 0) is 31.6 Å². The highest BCUT2D eigenvalue weighted by atomic mass is 31.3. The summed E-state index contributed by atoms with van der Waals surface area (Å²) >= 11 is 0. The van der Waals surface area contributed by atoms with E-state index >= 15 is 0 Å². The molecule has 2 heterocycles. The van der Waals surface area contributed by atoms with Gasteiger partial charge in [-0.25, -0.2) is 22.9 Å². The van der Waals surface area contributed by atoms with E-state index in [4.69, 9.17) is 19.4 Å². The SMILES string of the molecule is O=c1ccn([C@@H]2O[C@H](COP(=O)(O)OP(=O)(O)OP(=O)(O)O)[C@@H](O)[C@]2(O)F)c(=O)[nH]1. The van der Waals surface area contributed by atoms with Gasteiger partial charge in [-0.3, -0.25) is 18.9 Å². The second-order valence-corrected chi connectivity index (χ2v) is 10.0. The van der Waals surface area contributed by atoms with Crippen LogP contribution in [0.1, 0.15) is 6.23 Å². The Kier molecular flexibility index (Phi) is 7.08. The van der Waals surface area contributed by atoms with Gasteiger partial charge in [0.2, 0.25) is 0 Å². The Hall–Kier alpha value is -1.10. The zero-order valence-electron chi connectivity index (χ0n) is 14.1. The molecule has 21 heteroatoms. The van der Waals surface area contributed by atoms with Crippen molar-refractivity contribution in [1.82, 2.24) is 9.55 Å². The van der Waals surface area contributed by atoms with Gasteiger partial charge in [-0.1, -0.05) is 0 Å². The molecule has 1 aliphatic heterocycles. The second-order valence-electron chi connectivity index (χ2n) is 5.60. The number of rotatable bonds is 8. The lowest BCUT2D eigenvalue weighted by Crippen LogP contribution is -2.45. The van der Waals surface area contributed by atoms with Gasteiger partial charge in [0.1, 0.15) is 12.2 Å². The molecule has 1 aromatic rings. The number of phosphoric ester groups is 1. The summed E-state index contributed by atoms with van der Waals surface area (Å²) < 4.78 is 64.2. The number of aliphatic hydroxyl groups is 2. The molecular weight excluding hydrogens is 488 g/mol. The smallest absolute Gasteiger partial charge is 0.384 e. The fourth-order valence-electron chi connectivity index (χ4n) is 2.22. The number of H-pyrrole nitrogens is 1. The third-order valence-corrected chi connectivity index (χ3v) is 7.14. The largest absolute Gasteiger partial charge is 0.490 e. The summed E-state index contributed by atoms with van der Waals surface area (Å²) in [4.78, 5) is 59.7. The number of halogens is 1. The van der Waals surface area contributed by atoms with Gasteiger partial charge in [-0.05, 0) is 0 Å². The number of alkyl halides is 1. The fraction of sp³-hybridized carbons (Fsp3) is 0.556. The van der Waals surface area contributed by atoms with E-state index in [1.807, 2.05) is 0 Å². The summed E-state index contributed by atoms with van der Waals surface area (Å²) in [5, 5.41) is 19.6. The Morgan fingerprint density at radius 1 is 1.17 bits per heavy atom. The molecule has 30 heavy (non-hydrogen) atoms. The molecule has 7 N–H and O–H groups in total. The van der Waals surface area contributed by atoms with Gasteiger partial charge in [-0.2, -0.15) is 8.62 Å². The number of ether oxygens (including phenoxy) is 1. The highest BCUT2D eigenvalue weighted by Crippen LogP contribution is 2.66. The van der Waals surface area contributed by atoms with Crippen molar-refractivity contribution in [2.75, 3.05) is 6.61 Å². The highest BCUT2D eigenvalue weighted by Gasteiger charge is 2.58. The molecule has 0 aromatic carbocycles. The first kappa shape index (κ1) is 25.2. The molecule has 1 fully saturated rings. The lowest BCUT2D eigenvalue weighted by Gasteiger charge is -2.23. The van der Waals surface area contributed by atoms with Crippen molar-refractivity contribution in [3.8, 4) is 0 Å². The first-order valence-electron chi connectivity index (χ1n) is 7.28. The van der Waals surface area contributed by atoms with Crippen LogP contribution < -0.4 is 11.2 Å². The van der Waals surface area contributed by atoms with E-state index in [2.05, 4.69) is 13.1 Å². The lowest BCUT2D eigenvalue weighted by atomic mass is 10.1. The number of phosphoric acid groups is 3. The van der Waals surface area contributed by atoms with Gasteiger partial charge in [0.05, 0.1) is 6.61 Å². The standard InChI is InChI=1S/C9H14FN2O15P3/c10-9(16)6(14)4(25-7(9)12-2-1-5(13)11-8(12)15)3-24-29(20,21)27-30(22,23)26-28(17,18)19/h1-2,4,6-7,14,16H,3H2,(H,20,21)(H,22,23)(H,11,13,15)(H2,17,18,19)/t4-,6-,7-,9-/m1/s1. The third-order valence-electron chi connectivity index (χ3n) is 3.34. The molecule has 0 aliphatic carbocycles. The summed E-state index contributed by atoms with van der Waals surface area (Å²) in [5.41, 5.74) is -2.12. The van der Waals surface area contributed by atoms with Crippen molar-refractivity contribution in [2.45, 2.75) is 24.3 Å². The molecule has 172 valence electrons. The molecular formula is C9H14FN2O15P3. The molecule has 2 unspecified atom stereocenters. The molecule has 2 rings (SSSR count). The monoisotopic (exact) mass is 502 g/mol. The third kappa shape index (κ3) is 6.21. The molecule has 1 aromatic heterocycles. The van der Waals surface area contributed by atoms with Crippen LogP contribution in [0.5, 0.6) is 0 Å². The molecule has 1 aliphatic rings. The molecule has 1 saturated heterocycles. The fourth-order valence-corrected chi connectivity index (χ4v) is 5.25. The summed E-state index contributed by atoms with van der Waals surface area (Å²) in [6.07, 6.45) is -6.03. The van der Waals surface area contributed by atoms with Crippen molar-refractivity contribution in [2.24, 2.45) is 0 Å². The Morgan fingerprint density at radius 3 is 2.30 bits per heavy atom. The van der Waals surface area contributed by atoms with Crippen molar-refractivity contribution >= 4 is 23.5 Å². The van der Waals surface area contributed by atoms with Crippen LogP contribution in [0.4, 0.5) is 4.39 Å². The van der Waals surface area contributed by atoms with Crippen LogP contribution in [0.2, 0.25) is 0 Å². The average molecular weight is 502 g/mol. The summed E-state index contributed by atoms with van der Waals surface area (Å²) in [7, 11) is -17.1. The van der Waals surface area contributed by atoms with Crippen LogP contribution in [0, 0.1) is 0 Å². The van der Waals surface area contributed by atoms with Crippen molar-refractivity contribution < 1.29 is 65.8 Å². The van der Waals surface area contributed by atoms with Crippen molar-refractivity contribution in [1.29, 1.82) is 0 Å². The number of nitrogens with one attached hydrogen (secondary N) is 1. The van der Waals surface area contributed by atoms with Crippen LogP contribution in [0.25, 0.3) is 0 Å². The Morgan fingerprint density at radius 2 is 1.77 bits per heavy atom. The number of aliphatic hydroxyl groups excluding tert-OH is 1. The molecule has 0 saturated carbocycles. The topological polar surface area (TPSA) is 264 Å². The normalized spacial score (nSPS) is 31.2. The minimum absolute atomic E-state index is 0.343. The van der Waals surface area contributed by atoms with E-state index in [1.54, 1.807) is 4.98 Å². The minimum Gasteiger partial charge on any atom is -0.384 e. The highest BCUT2D eigenvalue weighted by molar-refractivity contribution is 7.66. The lowest BCUT2D eigenvalue weighted by molar-refractivity contribution is -0.197. The quantitative estimate of drug-likeness (QED) is 0.186. The molecule has 0 amide bonds. The first-order chi connectivity index (χ1) is 13.4. The summed E-state index contributed by atoms with van der Waals surface area (Å²) in [6.45, 7) is -1.30. The van der Waals surface area contributed by atoms with Crippen LogP contribution in [-0.4, -0.2) is 64.0 Å². The maximum absolute atomic E-state index is 14.5. The summed E-state index contributed by atoms with van der Waals surface area (Å²) in [6, 6.07) is 0.757.